The average molecular weight is 212 g/mol. The van der Waals surface area contributed by atoms with E-state index in [9.17, 15) is 8.78 Å². The number of thioether (sulfide) groups is 1. The van der Waals surface area contributed by atoms with Gasteiger partial charge >= 0.3 is 0 Å². The summed E-state index contributed by atoms with van der Waals surface area (Å²) in [6, 6.07) is 0. The molecule has 0 atom stereocenters. The maximum Gasteiger partial charge on any atom is 0.291 e. The molecule has 1 rings (SSSR count). The third-order valence-electron chi connectivity index (χ3n) is 0.906. The van der Waals surface area contributed by atoms with Crippen molar-refractivity contribution in [3.05, 3.63) is 5.01 Å². The molecular formula is C5H6F2N2OS2. The molecule has 0 spiro atoms. The average Bonchev–Trinajstić information content (AvgIpc) is 2.36. The number of rotatable bonds is 4. The fourth-order valence-corrected chi connectivity index (χ4v) is 2.03. The molecule has 0 saturated heterocycles. The largest absolute Gasteiger partial charge is 0.377 e. The topological polar surface area (TPSA) is 35.0 Å². The van der Waals surface area contributed by atoms with Gasteiger partial charge in [-0.15, -0.1) is 10.2 Å². The highest BCUT2D eigenvalue weighted by Gasteiger charge is 2.10. The smallest absolute Gasteiger partial charge is 0.291 e. The third kappa shape index (κ3) is 3.00. The molecule has 68 valence electrons. The second kappa shape index (κ2) is 4.68. The lowest BCUT2D eigenvalue weighted by atomic mass is 10.8. The summed E-state index contributed by atoms with van der Waals surface area (Å²) in [6.45, 7) is 0.321. The van der Waals surface area contributed by atoms with E-state index in [2.05, 4.69) is 10.2 Å². The Bertz CT molecular complexity index is 243. The van der Waals surface area contributed by atoms with Gasteiger partial charge < -0.3 is 4.74 Å². The van der Waals surface area contributed by atoms with E-state index in [1.165, 1.54) is 7.11 Å². The monoisotopic (exact) mass is 212 g/mol. The lowest BCUT2D eigenvalue weighted by Gasteiger charge is -1.90. The minimum absolute atomic E-state index is 0.275. The molecule has 1 aromatic heterocycles. The Kier molecular flexibility index (Phi) is 3.83. The van der Waals surface area contributed by atoms with Crippen molar-refractivity contribution in [1.29, 1.82) is 0 Å². The third-order valence-corrected chi connectivity index (χ3v) is 2.60. The SMILES string of the molecule is COCc1nnc(SC(F)F)s1. The van der Waals surface area contributed by atoms with E-state index in [0.29, 0.717) is 23.4 Å². The number of hydrogen-bond donors (Lipinski definition) is 0. The van der Waals surface area contributed by atoms with Crippen molar-refractivity contribution < 1.29 is 13.5 Å². The van der Waals surface area contributed by atoms with E-state index >= 15 is 0 Å². The van der Waals surface area contributed by atoms with Crippen LogP contribution in [0.3, 0.4) is 0 Å². The van der Waals surface area contributed by atoms with Crippen molar-refractivity contribution in [1.82, 2.24) is 10.2 Å². The fraction of sp³-hybridized carbons (Fsp3) is 0.600. The Hall–Kier alpha value is -0.270. The van der Waals surface area contributed by atoms with Gasteiger partial charge in [-0.25, -0.2) is 0 Å². The van der Waals surface area contributed by atoms with Gasteiger partial charge in [-0.2, -0.15) is 8.78 Å². The summed E-state index contributed by atoms with van der Waals surface area (Å²) in [4.78, 5) is 0. The summed E-state index contributed by atoms with van der Waals surface area (Å²) < 4.78 is 28.6. The van der Waals surface area contributed by atoms with E-state index in [1.54, 1.807) is 0 Å². The lowest BCUT2D eigenvalue weighted by Crippen LogP contribution is -1.84. The van der Waals surface area contributed by atoms with Crippen LogP contribution in [0.4, 0.5) is 8.78 Å². The Morgan fingerprint density at radius 2 is 2.33 bits per heavy atom. The molecule has 1 aromatic rings. The first-order chi connectivity index (χ1) is 5.72. The van der Waals surface area contributed by atoms with Crippen molar-refractivity contribution in [2.24, 2.45) is 0 Å². The van der Waals surface area contributed by atoms with E-state index in [0.717, 1.165) is 11.3 Å². The Morgan fingerprint density at radius 3 is 2.92 bits per heavy atom. The second-order valence-electron chi connectivity index (χ2n) is 1.77. The summed E-state index contributed by atoms with van der Waals surface area (Å²) in [7, 11) is 1.52. The molecule has 0 saturated carbocycles. The zero-order valence-corrected chi connectivity index (χ0v) is 7.79. The van der Waals surface area contributed by atoms with Crippen LogP contribution in [0.2, 0.25) is 0 Å². The van der Waals surface area contributed by atoms with Crippen LogP contribution in [-0.2, 0) is 11.3 Å². The van der Waals surface area contributed by atoms with Crippen LogP contribution >= 0.6 is 23.1 Å². The number of alkyl halides is 2. The predicted octanol–water partition coefficient (Wildman–Crippen LogP) is 2.00. The van der Waals surface area contributed by atoms with Crippen molar-refractivity contribution in [3.63, 3.8) is 0 Å². The molecule has 0 unspecified atom stereocenters. The number of nitrogens with zero attached hydrogens (tertiary/aromatic N) is 2. The highest BCUT2D eigenvalue weighted by Crippen LogP contribution is 2.27. The van der Waals surface area contributed by atoms with Gasteiger partial charge in [0.2, 0.25) is 0 Å². The van der Waals surface area contributed by atoms with E-state index in [-0.39, 0.29) is 4.34 Å². The van der Waals surface area contributed by atoms with Gasteiger partial charge in [0, 0.05) is 7.11 Å². The van der Waals surface area contributed by atoms with Crippen LogP contribution in [-0.4, -0.2) is 23.1 Å². The van der Waals surface area contributed by atoms with Gasteiger partial charge in [0.05, 0.1) is 6.61 Å². The highest BCUT2D eigenvalue weighted by atomic mass is 32.2. The Labute approximate surface area is 76.1 Å². The molecule has 0 radical (unpaired) electrons. The number of ether oxygens (including phenoxy) is 1. The summed E-state index contributed by atoms with van der Waals surface area (Å²) >= 11 is 1.52. The molecule has 7 heteroatoms. The van der Waals surface area contributed by atoms with Crippen molar-refractivity contribution >= 4 is 23.1 Å². The van der Waals surface area contributed by atoms with Crippen LogP contribution < -0.4 is 0 Å². The van der Waals surface area contributed by atoms with Crippen molar-refractivity contribution in [2.75, 3.05) is 7.11 Å². The minimum atomic E-state index is -2.44. The first-order valence-corrected chi connectivity index (χ1v) is 4.68. The molecule has 0 aliphatic heterocycles. The predicted molar refractivity (Wildman–Crippen MR) is 42.5 cm³/mol. The van der Waals surface area contributed by atoms with Gasteiger partial charge in [-0.05, 0) is 11.8 Å². The number of hydrogen-bond acceptors (Lipinski definition) is 5. The molecule has 0 fully saturated rings. The molecule has 1 heterocycles. The quantitative estimate of drug-likeness (QED) is 0.715. The molecule has 0 amide bonds. The minimum Gasteiger partial charge on any atom is -0.377 e. The maximum absolute atomic E-state index is 11.8. The molecule has 0 aromatic carbocycles. The highest BCUT2D eigenvalue weighted by molar-refractivity contribution is 8.01. The Morgan fingerprint density at radius 1 is 1.58 bits per heavy atom. The molecule has 0 aliphatic carbocycles. The zero-order valence-electron chi connectivity index (χ0n) is 6.16. The fourth-order valence-electron chi connectivity index (χ4n) is 0.544. The Balaban J connectivity index is 2.52. The second-order valence-corrected chi connectivity index (χ2v) is 4.07. The first kappa shape index (κ1) is 9.82. The molecule has 12 heavy (non-hydrogen) atoms. The molecule has 0 bridgehead atoms. The molecule has 0 N–H and O–H groups in total. The van der Waals surface area contributed by atoms with Gasteiger partial charge in [0.15, 0.2) is 4.34 Å². The van der Waals surface area contributed by atoms with Crippen molar-refractivity contribution in [3.8, 4) is 0 Å². The zero-order chi connectivity index (χ0) is 8.97. The lowest BCUT2D eigenvalue weighted by molar-refractivity contribution is 0.184. The maximum atomic E-state index is 11.8. The van der Waals surface area contributed by atoms with Crippen LogP contribution in [0.1, 0.15) is 5.01 Å². The van der Waals surface area contributed by atoms with Gasteiger partial charge in [-0.3, -0.25) is 0 Å². The summed E-state index contributed by atoms with van der Waals surface area (Å²) in [5.41, 5.74) is 0. The van der Waals surface area contributed by atoms with Gasteiger partial charge in [0.25, 0.3) is 5.76 Å². The number of aromatic nitrogens is 2. The van der Waals surface area contributed by atoms with E-state index < -0.39 is 5.76 Å². The van der Waals surface area contributed by atoms with Crippen molar-refractivity contribution in [2.45, 2.75) is 16.7 Å². The summed E-state index contributed by atoms with van der Waals surface area (Å²) in [5.74, 6) is -2.44. The van der Waals surface area contributed by atoms with Crippen LogP contribution in [0.5, 0.6) is 0 Å². The van der Waals surface area contributed by atoms with Crippen LogP contribution in [0, 0.1) is 0 Å². The summed E-state index contributed by atoms with van der Waals surface area (Å²) in [6.07, 6.45) is 0. The van der Waals surface area contributed by atoms with E-state index in [4.69, 9.17) is 4.74 Å². The normalized spacial score (nSPS) is 11.0. The number of halogens is 2. The van der Waals surface area contributed by atoms with Gasteiger partial charge in [-0.1, -0.05) is 11.3 Å². The molecular weight excluding hydrogens is 206 g/mol. The van der Waals surface area contributed by atoms with Crippen LogP contribution in [0.15, 0.2) is 4.34 Å². The van der Waals surface area contributed by atoms with Crippen LogP contribution in [0.25, 0.3) is 0 Å². The molecule has 0 aliphatic rings. The molecule has 3 nitrogen and oxygen atoms in total. The van der Waals surface area contributed by atoms with E-state index in [1.807, 2.05) is 0 Å². The summed E-state index contributed by atoms with van der Waals surface area (Å²) in [5, 5.41) is 7.81. The van der Waals surface area contributed by atoms with Gasteiger partial charge in [0.1, 0.15) is 5.01 Å². The number of methoxy groups -OCH3 is 1. The first-order valence-electron chi connectivity index (χ1n) is 2.98. The standard InChI is InChI=1S/C5H6F2N2OS2/c1-10-2-3-8-9-5(11-3)12-4(6)7/h4H,2H2,1H3.